The van der Waals surface area contributed by atoms with Crippen LogP contribution in [0.4, 0.5) is 9.18 Å². The molecule has 0 aromatic carbocycles. The van der Waals surface area contributed by atoms with Gasteiger partial charge in [-0.3, -0.25) is 0 Å². The van der Waals surface area contributed by atoms with E-state index in [9.17, 15) is 9.18 Å². The first-order valence-electron chi connectivity index (χ1n) is 3.36. The molecule has 0 unspecified atom stereocenters. The largest absolute Gasteiger partial charge is 0.400 e. The molecule has 0 aromatic rings. The highest BCUT2D eigenvalue weighted by Crippen LogP contribution is 2.13. The van der Waals surface area contributed by atoms with Crippen molar-refractivity contribution in [3.8, 4) is 0 Å². The second-order valence-corrected chi connectivity index (χ2v) is 3.17. The fraction of sp³-hybridized carbons (Fsp3) is 0.857. The van der Waals surface area contributed by atoms with Crippen molar-refractivity contribution in [1.82, 2.24) is 4.90 Å². The van der Waals surface area contributed by atoms with Crippen LogP contribution in [0.1, 0.15) is 27.7 Å². The third kappa shape index (κ3) is 2.33. The summed E-state index contributed by atoms with van der Waals surface area (Å²) in [6, 6.07) is 0. The summed E-state index contributed by atoms with van der Waals surface area (Å²) in [5, 5.41) is 0. The highest BCUT2D eigenvalue weighted by Gasteiger charge is 2.23. The SMILES string of the molecule is CCN(C(=O)F)C(C)(C)C. The predicted molar refractivity (Wildman–Crippen MR) is 38.6 cm³/mol. The lowest BCUT2D eigenvalue weighted by atomic mass is 10.1. The third-order valence-corrected chi connectivity index (χ3v) is 1.34. The van der Waals surface area contributed by atoms with Crippen molar-refractivity contribution in [1.29, 1.82) is 0 Å². The monoisotopic (exact) mass is 147 g/mol. The molecule has 0 heterocycles. The molecule has 0 bridgehead atoms. The Kier molecular flexibility index (Phi) is 2.81. The number of nitrogens with zero attached hydrogens (tertiary/aromatic N) is 1. The highest BCUT2D eigenvalue weighted by atomic mass is 19.1. The summed E-state index contributed by atoms with van der Waals surface area (Å²) in [6.07, 6.45) is -1.35. The number of carbonyl (C=O) groups is 1. The number of hydrogen-bond donors (Lipinski definition) is 0. The van der Waals surface area contributed by atoms with Gasteiger partial charge in [0.05, 0.1) is 0 Å². The summed E-state index contributed by atoms with van der Waals surface area (Å²) >= 11 is 0. The van der Waals surface area contributed by atoms with Crippen LogP contribution in [-0.4, -0.2) is 23.1 Å². The summed E-state index contributed by atoms with van der Waals surface area (Å²) in [5.41, 5.74) is -0.402. The number of carbonyl (C=O) groups excluding carboxylic acids is 1. The first-order valence-corrected chi connectivity index (χ1v) is 3.36. The van der Waals surface area contributed by atoms with E-state index in [1.807, 2.05) is 0 Å². The average Bonchev–Trinajstić information content (AvgIpc) is 1.60. The van der Waals surface area contributed by atoms with Crippen molar-refractivity contribution in [3.05, 3.63) is 0 Å². The quantitative estimate of drug-likeness (QED) is 0.411. The van der Waals surface area contributed by atoms with E-state index in [4.69, 9.17) is 0 Å². The molecule has 60 valence electrons. The maximum absolute atomic E-state index is 12.1. The minimum Gasteiger partial charge on any atom is -0.310 e. The third-order valence-electron chi connectivity index (χ3n) is 1.34. The first kappa shape index (κ1) is 9.40. The van der Waals surface area contributed by atoms with Gasteiger partial charge in [0.25, 0.3) is 0 Å². The predicted octanol–water partition coefficient (Wildman–Crippen LogP) is 2.20. The van der Waals surface area contributed by atoms with Gasteiger partial charge in [0.2, 0.25) is 0 Å². The zero-order valence-corrected chi connectivity index (χ0v) is 6.94. The van der Waals surface area contributed by atoms with Gasteiger partial charge in [0.15, 0.2) is 0 Å². The van der Waals surface area contributed by atoms with Crippen LogP contribution < -0.4 is 0 Å². The molecule has 1 amide bonds. The fourth-order valence-electron chi connectivity index (χ4n) is 0.862. The van der Waals surface area contributed by atoms with Gasteiger partial charge in [-0.25, -0.2) is 4.79 Å². The molecular formula is C7H14FNO. The number of rotatable bonds is 1. The lowest BCUT2D eigenvalue weighted by Crippen LogP contribution is -2.43. The Labute approximate surface area is 61.0 Å². The lowest BCUT2D eigenvalue weighted by molar-refractivity contribution is 0.129. The molecule has 0 atom stereocenters. The first-order chi connectivity index (χ1) is 4.39. The topological polar surface area (TPSA) is 20.3 Å². The van der Waals surface area contributed by atoms with Crippen LogP contribution in [-0.2, 0) is 0 Å². The van der Waals surface area contributed by atoms with Crippen molar-refractivity contribution >= 4 is 6.16 Å². The highest BCUT2D eigenvalue weighted by molar-refractivity contribution is 5.66. The normalized spacial score (nSPS) is 11.3. The van der Waals surface area contributed by atoms with Crippen molar-refractivity contribution in [3.63, 3.8) is 0 Å². The van der Waals surface area contributed by atoms with Gasteiger partial charge in [-0.05, 0) is 27.7 Å². The molecule has 3 heteroatoms. The van der Waals surface area contributed by atoms with Gasteiger partial charge < -0.3 is 4.90 Å². The summed E-state index contributed by atoms with van der Waals surface area (Å²) in [6.45, 7) is 7.57. The van der Waals surface area contributed by atoms with E-state index in [0.717, 1.165) is 0 Å². The molecule has 0 N–H and O–H groups in total. The molecule has 0 aliphatic heterocycles. The van der Waals surface area contributed by atoms with Crippen molar-refractivity contribution in [2.24, 2.45) is 0 Å². The van der Waals surface area contributed by atoms with Gasteiger partial charge in [-0.1, -0.05) is 0 Å². The second kappa shape index (κ2) is 2.99. The summed E-state index contributed by atoms with van der Waals surface area (Å²) in [7, 11) is 0. The maximum atomic E-state index is 12.1. The van der Waals surface area contributed by atoms with Crippen LogP contribution in [0.2, 0.25) is 0 Å². The van der Waals surface area contributed by atoms with Crippen molar-refractivity contribution < 1.29 is 9.18 Å². The lowest BCUT2D eigenvalue weighted by Gasteiger charge is -2.31. The molecule has 0 fully saturated rings. The second-order valence-electron chi connectivity index (χ2n) is 3.17. The Bertz CT molecular complexity index is 128. The van der Waals surface area contributed by atoms with E-state index < -0.39 is 11.7 Å². The van der Waals surface area contributed by atoms with Gasteiger partial charge in [-0.15, -0.1) is 4.39 Å². The van der Waals surface area contributed by atoms with Crippen molar-refractivity contribution in [2.45, 2.75) is 33.2 Å². The summed E-state index contributed by atoms with van der Waals surface area (Å²) in [5.74, 6) is 0. The van der Waals surface area contributed by atoms with E-state index in [1.54, 1.807) is 27.7 Å². The number of amides is 1. The molecule has 2 nitrogen and oxygen atoms in total. The standard InChI is InChI=1S/C7H14FNO/c1-5-9(6(8)10)7(2,3)4/h5H2,1-4H3. The van der Waals surface area contributed by atoms with Crippen molar-refractivity contribution in [2.75, 3.05) is 6.54 Å². The number of halogens is 1. The van der Waals surface area contributed by atoms with Gasteiger partial charge in [0, 0.05) is 12.1 Å². The Morgan fingerprint density at radius 2 is 1.90 bits per heavy atom. The van der Waals surface area contributed by atoms with Crippen LogP contribution in [0, 0.1) is 0 Å². The van der Waals surface area contributed by atoms with Crippen LogP contribution >= 0.6 is 0 Å². The maximum Gasteiger partial charge on any atom is 0.400 e. The van der Waals surface area contributed by atoms with E-state index in [1.165, 1.54) is 4.90 Å². The van der Waals surface area contributed by atoms with Crippen LogP contribution in [0.25, 0.3) is 0 Å². The minimum atomic E-state index is -1.35. The molecule has 0 radical (unpaired) electrons. The Morgan fingerprint density at radius 3 is 1.90 bits per heavy atom. The molecule has 0 saturated heterocycles. The molecule has 0 aliphatic carbocycles. The zero-order valence-electron chi connectivity index (χ0n) is 6.94. The van der Waals surface area contributed by atoms with E-state index in [-0.39, 0.29) is 0 Å². The molecule has 0 saturated carbocycles. The molecule has 0 aromatic heterocycles. The fourth-order valence-corrected chi connectivity index (χ4v) is 0.862. The van der Waals surface area contributed by atoms with E-state index in [0.29, 0.717) is 6.54 Å². The Morgan fingerprint density at radius 1 is 1.50 bits per heavy atom. The van der Waals surface area contributed by atoms with E-state index in [2.05, 4.69) is 0 Å². The summed E-state index contributed by atoms with van der Waals surface area (Å²) < 4.78 is 12.1. The van der Waals surface area contributed by atoms with Gasteiger partial charge in [0.1, 0.15) is 0 Å². The Hall–Kier alpha value is -0.600. The molecular weight excluding hydrogens is 133 g/mol. The summed E-state index contributed by atoms with van der Waals surface area (Å²) in [4.78, 5) is 11.5. The molecule has 0 rings (SSSR count). The van der Waals surface area contributed by atoms with Gasteiger partial charge in [-0.2, -0.15) is 0 Å². The van der Waals surface area contributed by atoms with Gasteiger partial charge >= 0.3 is 6.16 Å². The van der Waals surface area contributed by atoms with E-state index >= 15 is 0 Å². The van der Waals surface area contributed by atoms with Crippen LogP contribution in [0.15, 0.2) is 0 Å². The zero-order chi connectivity index (χ0) is 8.36. The molecule has 0 spiro atoms. The Balaban J connectivity index is 4.22. The molecule has 0 aliphatic rings. The smallest absolute Gasteiger partial charge is 0.310 e. The van der Waals surface area contributed by atoms with Crippen LogP contribution in [0.5, 0.6) is 0 Å². The number of hydrogen-bond acceptors (Lipinski definition) is 1. The van der Waals surface area contributed by atoms with Crippen LogP contribution in [0.3, 0.4) is 0 Å². The molecule has 10 heavy (non-hydrogen) atoms. The average molecular weight is 147 g/mol. The minimum absolute atomic E-state index is 0.402.